The summed E-state index contributed by atoms with van der Waals surface area (Å²) in [5, 5.41) is 0. The molecule has 0 spiro atoms. The quantitative estimate of drug-likeness (QED) is 0.552. The molecule has 142 valence electrons. The Morgan fingerprint density at radius 1 is 1.26 bits per heavy atom. The minimum atomic E-state index is -3.31. The first-order valence-electron chi connectivity index (χ1n) is 8.25. The predicted molar refractivity (Wildman–Crippen MR) is 96.2 cm³/mol. The fourth-order valence-corrected chi connectivity index (χ4v) is 3.34. The van der Waals surface area contributed by atoms with Crippen LogP contribution in [0.3, 0.4) is 0 Å². The molecule has 0 aromatic heterocycles. The zero-order valence-electron chi connectivity index (χ0n) is 14.8. The number of fused-ring (bicyclic) bond motifs is 1. The van der Waals surface area contributed by atoms with Gasteiger partial charge in [-0.15, -0.1) is 0 Å². The van der Waals surface area contributed by atoms with Gasteiger partial charge in [-0.2, -0.15) is 0 Å². The fourth-order valence-electron chi connectivity index (χ4n) is 2.71. The van der Waals surface area contributed by atoms with Gasteiger partial charge < -0.3 is 14.2 Å². The summed E-state index contributed by atoms with van der Waals surface area (Å²) in [4.78, 5) is 23.3. The van der Waals surface area contributed by atoms with E-state index in [0.29, 0.717) is 35.5 Å². The van der Waals surface area contributed by atoms with Crippen molar-refractivity contribution < 1.29 is 32.2 Å². The summed E-state index contributed by atoms with van der Waals surface area (Å²) in [7, 11) is -3.31. The van der Waals surface area contributed by atoms with Gasteiger partial charge in [0.05, 0.1) is 17.1 Å². The third-order valence-corrected chi connectivity index (χ3v) is 5.12. The second-order valence-electron chi connectivity index (χ2n) is 6.01. The van der Waals surface area contributed by atoms with E-state index in [1.165, 1.54) is 36.4 Å². The molecule has 0 saturated carbocycles. The Bertz CT molecular complexity index is 978. The molecular weight excluding hydrogens is 372 g/mol. The van der Waals surface area contributed by atoms with Gasteiger partial charge in [-0.3, -0.25) is 4.79 Å². The summed E-state index contributed by atoms with van der Waals surface area (Å²) >= 11 is 0. The van der Waals surface area contributed by atoms with Gasteiger partial charge >= 0.3 is 5.97 Å². The molecule has 27 heavy (non-hydrogen) atoms. The molecule has 2 aromatic carbocycles. The molecule has 0 aliphatic carbocycles. The van der Waals surface area contributed by atoms with Crippen molar-refractivity contribution in [3.8, 4) is 17.2 Å². The zero-order chi connectivity index (χ0) is 19.6. The molecule has 0 N–H and O–H groups in total. The van der Waals surface area contributed by atoms with Crippen molar-refractivity contribution in [1.29, 1.82) is 0 Å². The lowest BCUT2D eigenvalue weighted by Crippen LogP contribution is -2.13. The van der Waals surface area contributed by atoms with Crippen LogP contribution >= 0.6 is 0 Å². The van der Waals surface area contributed by atoms with E-state index in [1.807, 2.05) is 0 Å². The monoisotopic (exact) mass is 390 g/mol. The van der Waals surface area contributed by atoms with Crippen molar-refractivity contribution in [3.63, 3.8) is 0 Å². The summed E-state index contributed by atoms with van der Waals surface area (Å²) in [5.74, 6) is 0.600. The van der Waals surface area contributed by atoms with Gasteiger partial charge in [-0.05, 0) is 43.3 Å². The number of ether oxygens (including phenoxy) is 3. The number of sulfone groups is 1. The standard InChI is InChI=1S/C19H18O7S/c1-3-24-19(21)12-8-17(16-10-14(11-20)26-18(16)9-12)25-13-4-6-15(7-5-13)27(2,22)23/h4-9,11,14H,3,10H2,1-2H3. The Balaban J connectivity index is 1.96. The van der Waals surface area contributed by atoms with Crippen molar-refractivity contribution in [3.05, 3.63) is 47.5 Å². The van der Waals surface area contributed by atoms with Crippen LogP contribution in [-0.2, 0) is 25.8 Å². The lowest BCUT2D eigenvalue weighted by Gasteiger charge is -2.12. The number of hydrogen-bond acceptors (Lipinski definition) is 7. The molecule has 2 aromatic rings. The average molecular weight is 390 g/mol. The summed E-state index contributed by atoms with van der Waals surface area (Å²) in [6.45, 7) is 1.92. The van der Waals surface area contributed by atoms with Gasteiger partial charge in [0.15, 0.2) is 22.2 Å². The number of carbonyl (C=O) groups is 2. The number of esters is 1. The molecule has 0 radical (unpaired) electrons. The van der Waals surface area contributed by atoms with Gasteiger partial charge in [-0.25, -0.2) is 13.2 Å². The topological polar surface area (TPSA) is 96.0 Å². The number of carbonyl (C=O) groups excluding carboxylic acids is 2. The third kappa shape index (κ3) is 4.11. The van der Waals surface area contributed by atoms with Crippen molar-refractivity contribution in [2.24, 2.45) is 0 Å². The number of hydrogen-bond donors (Lipinski definition) is 0. The molecule has 1 heterocycles. The second-order valence-corrected chi connectivity index (χ2v) is 8.03. The van der Waals surface area contributed by atoms with Crippen LogP contribution in [0.15, 0.2) is 41.3 Å². The average Bonchev–Trinajstić information content (AvgIpc) is 3.05. The van der Waals surface area contributed by atoms with E-state index in [0.717, 1.165) is 6.26 Å². The summed E-state index contributed by atoms with van der Waals surface area (Å²) in [5.41, 5.74) is 0.900. The molecule has 8 heteroatoms. The number of aldehydes is 1. The molecule has 7 nitrogen and oxygen atoms in total. The second kappa shape index (κ2) is 7.40. The highest BCUT2D eigenvalue weighted by Gasteiger charge is 2.28. The molecule has 3 rings (SSSR count). The predicted octanol–water partition coefficient (Wildman–Crippen LogP) is 2.56. The van der Waals surface area contributed by atoms with Crippen molar-refractivity contribution >= 4 is 22.1 Å². The van der Waals surface area contributed by atoms with Crippen LogP contribution in [0, 0.1) is 0 Å². The molecular formula is C19H18O7S. The molecule has 0 fully saturated rings. The van der Waals surface area contributed by atoms with Crippen molar-refractivity contribution in [1.82, 2.24) is 0 Å². The van der Waals surface area contributed by atoms with Crippen LogP contribution in [-0.4, -0.2) is 39.6 Å². The molecule has 0 saturated heterocycles. The van der Waals surface area contributed by atoms with E-state index in [-0.39, 0.29) is 17.1 Å². The van der Waals surface area contributed by atoms with Gasteiger partial charge in [0.25, 0.3) is 0 Å². The zero-order valence-corrected chi connectivity index (χ0v) is 15.6. The first-order valence-corrected chi connectivity index (χ1v) is 10.1. The molecule has 0 bridgehead atoms. The molecule has 0 amide bonds. The maximum Gasteiger partial charge on any atom is 0.338 e. The summed E-state index contributed by atoms with van der Waals surface area (Å²) in [6.07, 6.45) is 1.48. The van der Waals surface area contributed by atoms with E-state index in [1.54, 1.807) is 6.92 Å². The van der Waals surface area contributed by atoms with Gasteiger partial charge in [0.2, 0.25) is 0 Å². The Morgan fingerprint density at radius 2 is 1.96 bits per heavy atom. The van der Waals surface area contributed by atoms with Crippen LogP contribution in [0.5, 0.6) is 17.2 Å². The largest absolute Gasteiger partial charge is 0.482 e. The van der Waals surface area contributed by atoms with Gasteiger partial charge in [0, 0.05) is 18.2 Å². The van der Waals surface area contributed by atoms with E-state index in [9.17, 15) is 18.0 Å². The van der Waals surface area contributed by atoms with E-state index in [4.69, 9.17) is 14.2 Å². The Labute approximate surface area is 156 Å². The van der Waals surface area contributed by atoms with Gasteiger partial charge in [-0.1, -0.05) is 0 Å². The number of rotatable bonds is 6. The molecule has 1 aliphatic rings. The lowest BCUT2D eigenvalue weighted by atomic mass is 10.1. The first-order chi connectivity index (χ1) is 12.8. The smallest absolute Gasteiger partial charge is 0.338 e. The van der Waals surface area contributed by atoms with Crippen LogP contribution in [0.4, 0.5) is 0 Å². The Hall–Kier alpha value is -2.87. The van der Waals surface area contributed by atoms with Crippen LogP contribution < -0.4 is 9.47 Å². The van der Waals surface area contributed by atoms with Crippen LogP contribution in [0.25, 0.3) is 0 Å². The molecule has 1 unspecified atom stereocenters. The normalized spacial score (nSPS) is 15.6. The van der Waals surface area contributed by atoms with Gasteiger partial charge in [0.1, 0.15) is 17.2 Å². The lowest BCUT2D eigenvalue weighted by molar-refractivity contribution is -0.113. The number of benzene rings is 2. The van der Waals surface area contributed by atoms with Crippen molar-refractivity contribution in [2.45, 2.75) is 24.3 Å². The third-order valence-electron chi connectivity index (χ3n) is 3.99. The fraction of sp³-hybridized carbons (Fsp3) is 0.263. The highest BCUT2D eigenvalue weighted by Crippen LogP contribution is 2.39. The highest BCUT2D eigenvalue weighted by atomic mass is 32.2. The van der Waals surface area contributed by atoms with E-state index < -0.39 is 21.9 Å². The molecule has 1 aliphatic heterocycles. The van der Waals surface area contributed by atoms with Crippen LogP contribution in [0.1, 0.15) is 22.8 Å². The summed E-state index contributed by atoms with van der Waals surface area (Å²) < 4.78 is 39.5. The Kier molecular flexibility index (Phi) is 5.18. The maximum absolute atomic E-state index is 12.1. The highest BCUT2D eigenvalue weighted by molar-refractivity contribution is 7.90. The van der Waals surface area contributed by atoms with E-state index >= 15 is 0 Å². The van der Waals surface area contributed by atoms with Crippen molar-refractivity contribution in [2.75, 3.05) is 12.9 Å². The SMILES string of the molecule is CCOC(=O)c1cc(Oc2ccc(S(C)(=O)=O)cc2)c2c(c1)OC(C=O)C2. The minimum Gasteiger partial charge on any atom is -0.482 e. The molecule has 1 atom stereocenters. The first kappa shape index (κ1) is 18.9. The maximum atomic E-state index is 12.1. The minimum absolute atomic E-state index is 0.171. The van der Waals surface area contributed by atoms with E-state index in [2.05, 4.69) is 0 Å². The Morgan fingerprint density at radius 3 is 2.56 bits per heavy atom. The summed E-state index contributed by atoms with van der Waals surface area (Å²) in [6, 6.07) is 8.96. The van der Waals surface area contributed by atoms with Crippen LogP contribution in [0.2, 0.25) is 0 Å².